The molecule has 3 saturated carbocycles. The van der Waals surface area contributed by atoms with E-state index >= 15 is 0 Å². The smallest absolute Gasteiger partial charge is 0.0610 e. The van der Waals surface area contributed by atoms with Crippen molar-refractivity contribution in [1.29, 1.82) is 0 Å². The molecule has 0 aromatic rings. The number of aliphatic hydroxyl groups excluding tert-OH is 3. The second-order valence-electron chi connectivity index (χ2n) is 8.62. The minimum atomic E-state index is -0.299. The Morgan fingerprint density at radius 1 is 1.09 bits per heavy atom. The second-order valence-corrected chi connectivity index (χ2v) is 8.62. The summed E-state index contributed by atoms with van der Waals surface area (Å²) in [6.45, 7) is 8.89. The van der Waals surface area contributed by atoms with Crippen LogP contribution in [0.3, 0.4) is 0 Å². The zero-order valence-corrected chi connectivity index (χ0v) is 14.1. The Balaban J connectivity index is 1.85. The van der Waals surface area contributed by atoms with E-state index in [0.717, 1.165) is 38.5 Å². The van der Waals surface area contributed by atoms with Gasteiger partial charge in [0.1, 0.15) is 0 Å². The molecule has 3 fully saturated rings. The first-order chi connectivity index (χ1) is 10.3. The molecule has 0 heterocycles. The Morgan fingerprint density at radius 3 is 2.50 bits per heavy atom. The molecule has 0 aromatic heterocycles. The first kappa shape index (κ1) is 16.5. The lowest BCUT2D eigenvalue weighted by Gasteiger charge is -2.55. The molecule has 0 aliphatic heterocycles. The van der Waals surface area contributed by atoms with Crippen molar-refractivity contribution < 1.29 is 15.3 Å². The highest BCUT2D eigenvalue weighted by molar-refractivity contribution is 5.21. The Bertz CT molecular complexity index is 448. The van der Waals surface area contributed by atoms with Crippen LogP contribution in [0.2, 0.25) is 0 Å². The molecule has 0 aromatic carbocycles. The highest BCUT2D eigenvalue weighted by atomic mass is 16.3. The lowest BCUT2D eigenvalue weighted by Crippen LogP contribution is -2.53. The summed E-state index contributed by atoms with van der Waals surface area (Å²) in [4.78, 5) is 0. The third kappa shape index (κ3) is 2.28. The molecule has 0 bridgehead atoms. The summed E-state index contributed by atoms with van der Waals surface area (Å²) in [5.74, 6) is 0.660. The van der Waals surface area contributed by atoms with Gasteiger partial charge in [-0.15, -0.1) is 0 Å². The van der Waals surface area contributed by atoms with Gasteiger partial charge in [-0.2, -0.15) is 0 Å². The van der Waals surface area contributed by atoms with Gasteiger partial charge in [0, 0.05) is 6.61 Å². The molecule has 3 N–H and O–H groups in total. The summed E-state index contributed by atoms with van der Waals surface area (Å²) < 4.78 is 0. The van der Waals surface area contributed by atoms with E-state index in [4.69, 9.17) is 0 Å². The first-order valence-corrected chi connectivity index (χ1v) is 8.98. The summed E-state index contributed by atoms with van der Waals surface area (Å²) in [6, 6.07) is 0. The number of aliphatic hydroxyl groups is 3. The van der Waals surface area contributed by atoms with Gasteiger partial charge in [-0.1, -0.05) is 26.0 Å². The first-order valence-electron chi connectivity index (χ1n) is 8.98. The molecule has 126 valence electrons. The van der Waals surface area contributed by atoms with E-state index in [1.54, 1.807) is 0 Å². The number of fused-ring (bicyclic) bond motifs is 1. The van der Waals surface area contributed by atoms with Gasteiger partial charge in [-0.05, 0) is 73.5 Å². The Kier molecular flexibility index (Phi) is 4.20. The van der Waals surface area contributed by atoms with Crippen LogP contribution < -0.4 is 0 Å². The van der Waals surface area contributed by atoms with E-state index in [1.807, 2.05) is 0 Å². The van der Waals surface area contributed by atoms with Crippen LogP contribution in [0.5, 0.6) is 0 Å². The van der Waals surface area contributed by atoms with Crippen LogP contribution in [0.1, 0.15) is 58.8 Å². The van der Waals surface area contributed by atoms with Crippen LogP contribution in [0, 0.1) is 28.6 Å². The van der Waals surface area contributed by atoms with Crippen molar-refractivity contribution >= 4 is 0 Å². The predicted octanol–water partition coefficient (Wildman–Crippen LogP) is 2.89. The minimum absolute atomic E-state index is 0.0569. The van der Waals surface area contributed by atoms with E-state index in [1.165, 1.54) is 5.57 Å². The fourth-order valence-corrected chi connectivity index (χ4v) is 5.90. The van der Waals surface area contributed by atoms with Crippen molar-refractivity contribution in [2.45, 2.75) is 71.0 Å². The Labute approximate surface area is 134 Å². The van der Waals surface area contributed by atoms with E-state index in [0.29, 0.717) is 12.3 Å². The Hall–Kier alpha value is -0.380. The third-order valence-corrected chi connectivity index (χ3v) is 7.76. The van der Waals surface area contributed by atoms with Gasteiger partial charge in [-0.25, -0.2) is 0 Å². The van der Waals surface area contributed by atoms with E-state index in [-0.39, 0.29) is 41.5 Å². The van der Waals surface area contributed by atoms with Crippen molar-refractivity contribution in [1.82, 2.24) is 0 Å². The van der Waals surface area contributed by atoms with Gasteiger partial charge in [0.15, 0.2) is 0 Å². The molecule has 0 amide bonds. The van der Waals surface area contributed by atoms with E-state index < -0.39 is 0 Å². The zero-order chi connectivity index (χ0) is 16.1. The van der Waals surface area contributed by atoms with Gasteiger partial charge < -0.3 is 15.3 Å². The zero-order valence-electron chi connectivity index (χ0n) is 14.1. The van der Waals surface area contributed by atoms with Crippen LogP contribution >= 0.6 is 0 Å². The van der Waals surface area contributed by atoms with Crippen molar-refractivity contribution in [2.24, 2.45) is 28.6 Å². The van der Waals surface area contributed by atoms with E-state index in [2.05, 4.69) is 20.4 Å². The van der Waals surface area contributed by atoms with Crippen LogP contribution in [-0.2, 0) is 0 Å². The van der Waals surface area contributed by atoms with Gasteiger partial charge in [0.2, 0.25) is 0 Å². The summed E-state index contributed by atoms with van der Waals surface area (Å²) in [6.07, 6.45) is 6.00. The maximum absolute atomic E-state index is 11.1. The van der Waals surface area contributed by atoms with Crippen molar-refractivity contribution in [2.75, 3.05) is 6.61 Å². The molecular weight excluding hydrogens is 276 g/mol. The van der Waals surface area contributed by atoms with Crippen LogP contribution in [-0.4, -0.2) is 34.1 Å². The van der Waals surface area contributed by atoms with Gasteiger partial charge >= 0.3 is 0 Å². The lowest BCUT2D eigenvalue weighted by atomic mass is 9.52. The molecule has 22 heavy (non-hydrogen) atoms. The van der Waals surface area contributed by atoms with Crippen molar-refractivity contribution in [3.8, 4) is 0 Å². The molecule has 3 aliphatic carbocycles. The lowest BCUT2D eigenvalue weighted by molar-refractivity contribution is -0.126. The van der Waals surface area contributed by atoms with Crippen LogP contribution in [0.15, 0.2) is 12.2 Å². The molecule has 0 radical (unpaired) electrons. The standard InChI is InChI=1S/C19H32O3/c1-12-4-5-15-17(22)16(7-9-18(12,15)2)19(3)8-6-14(21)10-13(19)11-20/h13-17,20-22H,1,4-11H2,2-3H3. The molecule has 0 spiro atoms. The predicted molar refractivity (Wildman–Crippen MR) is 87.2 cm³/mol. The summed E-state index contributed by atoms with van der Waals surface area (Å²) >= 11 is 0. The molecule has 7 atom stereocenters. The molecular formula is C19H32O3. The number of hydrogen-bond acceptors (Lipinski definition) is 3. The largest absolute Gasteiger partial charge is 0.396 e. The maximum atomic E-state index is 11.1. The topological polar surface area (TPSA) is 60.7 Å². The highest BCUT2D eigenvalue weighted by Gasteiger charge is 2.56. The third-order valence-electron chi connectivity index (χ3n) is 7.76. The molecule has 3 aliphatic rings. The molecule has 0 saturated heterocycles. The van der Waals surface area contributed by atoms with Crippen LogP contribution in [0.4, 0.5) is 0 Å². The average Bonchev–Trinajstić information content (AvgIpc) is 2.78. The van der Waals surface area contributed by atoms with Crippen LogP contribution in [0.25, 0.3) is 0 Å². The molecule has 3 rings (SSSR count). The van der Waals surface area contributed by atoms with E-state index in [9.17, 15) is 15.3 Å². The second kappa shape index (κ2) is 5.61. The fourth-order valence-electron chi connectivity index (χ4n) is 5.90. The van der Waals surface area contributed by atoms with Gasteiger partial charge in [-0.3, -0.25) is 0 Å². The summed E-state index contributed by atoms with van der Waals surface area (Å²) in [7, 11) is 0. The van der Waals surface area contributed by atoms with Crippen molar-refractivity contribution in [3.63, 3.8) is 0 Å². The molecule has 3 heteroatoms. The Morgan fingerprint density at radius 2 is 1.82 bits per heavy atom. The van der Waals surface area contributed by atoms with Crippen molar-refractivity contribution in [3.05, 3.63) is 12.2 Å². The molecule has 7 unspecified atom stereocenters. The number of hydrogen-bond donors (Lipinski definition) is 3. The average molecular weight is 308 g/mol. The summed E-state index contributed by atoms with van der Waals surface area (Å²) in [5, 5.41) is 30.9. The maximum Gasteiger partial charge on any atom is 0.0610 e. The molecule has 3 nitrogen and oxygen atoms in total. The monoisotopic (exact) mass is 308 g/mol. The summed E-state index contributed by atoms with van der Waals surface area (Å²) in [5.41, 5.74) is 1.37. The van der Waals surface area contributed by atoms with Gasteiger partial charge in [0.25, 0.3) is 0 Å². The highest BCUT2D eigenvalue weighted by Crippen LogP contribution is 2.61. The SMILES string of the molecule is C=C1CCC2C(O)C(C3(C)CCC(O)CC3CO)CCC12C. The normalized spacial score (nSPS) is 52.6. The fraction of sp³-hybridized carbons (Fsp3) is 0.895. The number of allylic oxidation sites excluding steroid dienone is 1. The number of rotatable bonds is 2. The minimum Gasteiger partial charge on any atom is -0.396 e. The van der Waals surface area contributed by atoms with Gasteiger partial charge in [0.05, 0.1) is 12.2 Å². The quantitative estimate of drug-likeness (QED) is 0.687.